The Labute approximate surface area is 144 Å². The van der Waals surface area contributed by atoms with Gasteiger partial charge in [-0.3, -0.25) is 4.79 Å². The van der Waals surface area contributed by atoms with Crippen LogP contribution in [0.2, 0.25) is 5.02 Å². The van der Waals surface area contributed by atoms with Gasteiger partial charge in [0, 0.05) is 24.0 Å². The number of amides is 1. The van der Waals surface area contributed by atoms with E-state index in [-0.39, 0.29) is 30.4 Å². The first-order chi connectivity index (χ1) is 10.0. The molecule has 0 bridgehead atoms. The van der Waals surface area contributed by atoms with Crippen molar-refractivity contribution in [2.45, 2.75) is 44.7 Å². The minimum Gasteiger partial charge on any atom is -0.353 e. The molecular formula is C17H26Cl2N2O. The zero-order valence-electron chi connectivity index (χ0n) is 13.5. The standard InChI is InChI=1S/C17H25ClN2O.ClH/c1-12(21)19-16-11-7-5-9-14(16)17(20(2)3)13-8-4-6-10-15(13)18;/h4,6,8,10,14,16-17H,5,7,9,11H2,1-3H3,(H,19,21);1H/t14-,16-,17?;/m1./s1. The van der Waals surface area contributed by atoms with Crippen LogP contribution in [0.1, 0.15) is 44.2 Å². The largest absolute Gasteiger partial charge is 0.353 e. The molecule has 1 aromatic carbocycles. The van der Waals surface area contributed by atoms with Gasteiger partial charge in [0.25, 0.3) is 0 Å². The van der Waals surface area contributed by atoms with Gasteiger partial charge >= 0.3 is 0 Å². The van der Waals surface area contributed by atoms with E-state index in [0.29, 0.717) is 5.92 Å². The first kappa shape index (κ1) is 19.3. The highest BCUT2D eigenvalue weighted by atomic mass is 35.5. The molecular weight excluding hydrogens is 319 g/mol. The van der Waals surface area contributed by atoms with Crippen LogP contribution in [0.15, 0.2) is 24.3 Å². The lowest BCUT2D eigenvalue weighted by molar-refractivity contribution is -0.120. The third kappa shape index (κ3) is 4.61. The molecule has 3 atom stereocenters. The van der Waals surface area contributed by atoms with Gasteiger partial charge in [0.1, 0.15) is 0 Å². The van der Waals surface area contributed by atoms with Gasteiger partial charge in [0.2, 0.25) is 5.91 Å². The van der Waals surface area contributed by atoms with Crippen molar-refractivity contribution in [1.29, 1.82) is 0 Å². The summed E-state index contributed by atoms with van der Waals surface area (Å²) < 4.78 is 0. The highest BCUT2D eigenvalue weighted by Gasteiger charge is 2.35. The van der Waals surface area contributed by atoms with Crippen LogP contribution >= 0.6 is 24.0 Å². The fraction of sp³-hybridized carbons (Fsp3) is 0.588. The molecule has 1 fully saturated rings. The number of carbonyl (C=O) groups excluding carboxylic acids is 1. The van der Waals surface area contributed by atoms with Crippen LogP contribution in [0.4, 0.5) is 0 Å². The molecule has 0 saturated heterocycles. The number of hydrogen-bond acceptors (Lipinski definition) is 2. The van der Waals surface area contributed by atoms with Crippen molar-refractivity contribution in [3.8, 4) is 0 Å². The van der Waals surface area contributed by atoms with Crippen LogP contribution in [-0.2, 0) is 4.79 Å². The molecule has 0 spiro atoms. The minimum atomic E-state index is 0. The van der Waals surface area contributed by atoms with Gasteiger partial charge in [-0.05, 0) is 44.5 Å². The lowest BCUT2D eigenvalue weighted by Gasteiger charge is -2.41. The Bertz CT molecular complexity index is 493. The van der Waals surface area contributed by atoms with Crippen molar-refractivity contribution in [2.24, 2.45) is 5.92 Å². The summed E-state index contributed by atoms with van der Waals surface area (Å²) >= 11 is 6.42. The number of carbonyl (C=O) groups is 1. The van der Waals surface area contributed by atoms with Crippen molar-refractivity contribution in [1.82, 2.24) is 10.2 Å². The zero-order chi connectivity index (χ0) is 15.4. The predicted octanol–water partition coefficient (Wildman–Crippen LogP) is 4.06. The van der Waals surface area contributed by atoms with Crippen LogP contribution in [0.3, 0.4) is 0 Å². The van der Waals surface area contributed by atoms with Crippen LogP contribution in [0.25, 0.3) is 0 Å². The molecule has 5 heteroatoms. The fourth-order valence-electron chi connectivity index (χ4n) is 3.58. The average molecular weight is 345 g/mol. The molecule has 1 saturated carbocycles. The Hall–Kier alpha value is -0.770. The number of benzene rings is 1. The molecule has 0 aromatic heterocycles. The summed E-state index contributed by atoms with van der Waals surface area (Å²) in [6, 6.07) is 8.52. The maximum absolute atomic E-state index is 11.5. The Kier molecular flexibility index (Phi) is 7.67. The number of rotatable bonds is 4. The Morgan fingerprint density at radius 2 is 1.91 bits per heavy atom. The van der Waals surface area contributed by atoms with E-state index < -0.39 is 0 Å². The van der Waals surface area contributed by atoms with Crippen LogP contribution in [0.5, 0.6) is 0 Å². The highest BCUT2D eigenvalue weighted by Crippen LogP contribution is 2.39. The van der Waals surface area contributed by atoms with E-state index in [1.165, 1.54) is 12.8 Å². The summed E-state index contributed by atoms with van der Waals surface area (Å²) in [7, 11) is 4.18. The number of nitrogens with one attached hydrogen (secondary N) is 1. The lowest BCUT2D eigenvalue weighted by Crippen LogP contribution is -2.46. The molecule has 124 valence electrons. The maximum Gasteiger partial charge on any atom is 0.217 e. The molecule has 0 aliphatic heterocycles. The van der Waals surface area contributed by atoms with Crippen molar-refractivity contribution >= 4 is 29.9 Å². The summed E-state index contributed by atoms with van der Waals surface area (Å²) in [5.41, 5.74) is 1.16. The van der Waals surface area contributed by atoms with Crippen LogP contribution in [0, 0.1) is 5.92 Å². The van der Waals surface area contributed by atoms with Gasteiger partial charge in [-0.25, -0.2) is 0 Å². The summed E-state index contributed by atoms with van der Waals surface area (Å²) in [6.07, 6.45) is 4.58. The van der Waals surface area contributed by atoms with E-state index in [0.717, 1.165) is 23.4 Å². The molecule has 22 heavy (non-hydrogen) atoms. The molecule has 1 N–H and O–H groups in total. The van der Waals surface area contributed by atoms with Gasteiger partial charge < -0.3 is 10.2 Å². The van der Waals surface area contributed by atoms with Crippen molar-refractivity contribution < 1.29 is 4.79 Å². The summed E-state index contributed by atoms with van der Waals surface area (Å²) in [5, 5.41) is 3.96. The Balaban J connectivity index is 0.00000242. The first-order valence-electron chi connectivity index (χ1n) is 7.68. The summed E-state index contributed by atoms with van der Waals surface area (Å²) in [6.45, 7) is 1.60. The fourth-order valence-corrected chi connectivity index (χ4v) is 3.83. The van der Waals surface area contributed by atoms with E-state index in [1.807, 2.05) is 18.2 Å². The molecule has 1 unspecified atom stereocenters. The number of nitrogens with zero attached hydrogens (tertiary/aromatic N) is 1. The van der Waals surface area contributed by atoms with E-state index in [9.17, 15) is 4.79 Å². The molecule has 1 aliphatic rings. The SMILES string of the molecule is CC(=O)N[C@@H]1CCCC[C@H]1C(c1ccccc1Cl)N(C)C.Cl. The number of halogens is 2. The van der Waals surface area contributed by atoms with Crippen molar-refractivity contribution in [2.75, 3.05) is 14.1 Å². The average Bonchev–Trinajstić information content (AvgIpc) is 2.42. The summed E-state index contributed by atoms with van der Waals surface area (Å²) in [5.74, 6) is 0.459. The molecule has 1 amide bonds. The quantitative estimate of drug-likeness (QED) is 0.893. The summed E-state index contributed by atoms with van der Waals surface area (Å²) in [4.78, 5) is 13.7. The van der Waals surface area contributed by atoms with Crippen molar-refractivity contribution in [3.63, 3.8) is 0 Å². The van der Waals surface area contributed by atoms with Gasteiger partial charge in [-0.15, -0.1) is 12.4 Å². The predicted molar refractivity (Wildman–Crippen MR) is 94.7 cm³/mol. The lowest BCUT2D eigenvalue weighted by atomic mass is 9.77. The normalized spacial score (nSPS) is 22.8. The maximum atomic E-state index is 11.5. The van der Waals surface area contributed by atoms with Crippen molar-refractivity contribution in [3.05, 3.63) is 34.9 Å². The monoisotopic (exact) mass is 344 g/mol. The second-order valence-electron chi connectivity index (χ2n) is 6.19. The molecule has 0 radical (unpaired) electrons. The topological polar surface area (TPSA) is 32.3 Å². The van der Waals surface area contributed by atoms with E-state index in [4.69, 9.17) is 11.6 Å². The molecule has 0 heterocycles. The van der Waals surface area contributed by atoms with Crippen LogP contribution in [-0.4, -0.2) is 30.9 Å². The van der Waals surface area contributed by atoms with Gasteiger partial charge in [-0.1, -0.05) is 42.6 Å². The second kappa shape index (κ2) is 8.76. The zero-order valence-corrected chi connectivity index (χ0v) is 15.1. The van der Waals surface area contributed by atoms with E-state index in [1.54, 1.807) is 6.92 Å². The van der Waals surface area contributed by atoms with Gasteiger partial charge in [-0.2, -0.15) is 0 Å². The smallest absolute Gasteiger partial charge is 0.217 e. The van der Waals surface area contributed by atoms with Gasteiger partial charge in [0.15, 0.2) is 0 Å². The van der Waals surface area contributed by atoms with E-state index >= 15 is 0 Å². The number of hydrogen-bond donors (Lipinski definition) is 1. The molecule has 3 nitrogen and oxygen atoms in total. The molecule has 2 rings (SSSR count). The third-order valence-corrected chi connectivity index (χ3v) is 4.74. The molecule has 1 aliphatic carbocycles. The second-order valence-corrected chi connectivity index (χ2v) is 6.59. The Morgan fingerprint density at radius 3 is 2.50 bits per heavy atom. The van der Waals surface area contributed by atoms with Gasteiger partial charge in [0.05, 0.1) is 0 Å². The molecule has 1 aromatic rings. The third-order valence-electron chi connectivity index (χ3n) is 4.39. The minimum absolute atomic E-state index is 0. The highest BCUT2D eigenvalue weighted by molar-refractivity contribution is 6.31. The Morgan fingerprint density at radius 1 is 1.27 bits per heavy atom. The first-order valence-corrected chi connectivity index (χ1v) is 8.06. The van der Waals surface area contributed by atoms with Crippen LogP contribution < -0.4 is 5.32 Å². The van der Waals surface area contributed by atoms with E-state index in [2.05, 4.69) is 30.4 Å².